The molecule has 526 valence electrons. The fourth-order valence-electron chi connectivity index (χ4n) is 10.9. The van der Waals surface area contributed by atoms with E-state index in [1.165, 1.54) is 0 Å². The molecule has 0 aromatic carbocycles. The van der Waals surface area contributed by atoms with Gasteiger partial charge in [-0.25, -0.2) is 13.9 Å². The molecule has 35 atom stereocenters. The van der Waals surface area contributed by atoms with E-state index in [2.05, 4.69) is 0 Å². The van der Waals surface area contributed by atoms with Gasteiger partial charge >= 0.3 is 21.6 Å². The summed E-state index contributed by atoms with van der Waals surface area (Å²) in [6.07, 6.45) is -68.9. The number of aliphatic carboxylic acids is 1. The Morgan fingerprint density at radius 3 is 1.47 bits per heavy atom. The summed E-state index contributed by atoms with van der Waals surface area (Å²) >= 11 is 0. The molecule has 0 amide bonds. The average molecular weight is 1370 g/mol. The minimum Gasteiger partial charge on any atom is -0.477 e. The SMILES string of the molecule is N[C@@H]1[C@@H](O)[C@H](O)[C@@H](CO[C@@H]2O[C@H](CO[C@]3(C(=O)O)C[C@@H](O)[C@@H](O[C@H]4O[C@H](CO)[C@@H](O[C@@H]5O[C@H](CO)[C@@H](O[C@H]6O[C@H](CO)[C@@H](O)[C@H](O[C@H]7O[C@H](CO)[C@@H](O)[C@H](O)[C@@H]7O)[C@@H]6O)[C@H](O)[C@H]5O)[C@H](OP(=O)(O)O)[C@@H]4O)[C@@H]([C@H](O)CO)O3)[C@@H](OP(=O)(O)O)[C@H](O)[C@H]2N)O[C@@H]1O. The van der Waals surface area contributed by atoms with E-state index in [4.69, 9.17) is 82.1 Å². The number of phosphoric acid groups is 2. The van der Waals surface area contributed by atoms with Gasteiger partial charge < -0.3 is 195 Å². The summed E-state index contributed by atoms with van der Waals surface area (Å²) in [7, 11) is -11.5. The van der Waals surface area contributed by atoms with Crippen LogP contribution in [0.15, 0.2) is 0 Å². The number of phosphoric ester groups is 2. The molecule has 7 heterocycles. The summed E-state index contributed by atoms with van der Waals surface area (Å²) in [5, 5.41) is 214. The molecule has 7 rings (SSSR count). The highest BCUT2D eigenvalue weighted by Gasteiger charge is 2.61. The Labute approximate surface area is 505 Å². The number of hydrogen-bond donors (Lipinski definition) is 26. The van der Waals surface area contributed by atoms with E-state index in [0.717, 1.165) is 0 Å². The Morgan fingerprint density at radius 1 is 0.467 bits per heavy atom. The van der Waals surface area contributed by atoms with Crippen LogP contribution in [0.5, 0.6) is 0 Å². The molecule has 44 nitrogen and oxygen atoms in total. The lowest BCUT2D eigenvalue weighted by molar-refractivity contribution is -0.394. The summed E-state index contributed by atoms with van der Waals surface area (Å²) in [5.74, 6) is -5.43. The smallest absolute Gasteiger partial charge is 0.470 e. The normalized spacial score (nSPS) is 48.7. The first-order chi connectivity index (χ1) is 42.0. The van der Waals surface area contributed by atoms with Crippen molar-refractivity contribution in [2.24, 2.45) is 11.5 Å². The molecule has 7 aliphatic heterocycles. The van der Waals surface area contributed by atoms with Gasteiger partial charge in [0, 0.05) is 6.42 Å². The predicted octanol–water partition coefficient (Wildman–Crippen LogP) is -16.3. The van der Waals surface area contributed by atoms with Crippen LogP contribution < -0.4 is 11.5 Å². The second kappa shape index (κ2) is 31.2. The van der Waals surface area contributed by atoms with Crippen molar-refractivity contribution < 1.29 is 206 Å². The summed E-state index contributed by atoms with van der Waals surface area (Å²) in [5.41, 5.74) is 11.6. The topological polar surface area (TPSA) is 727 Å². The molecule has 46 heteroatoms. The maximum atomic E-state index is 13.1. The lowest BCUT2D eigenvalue weighted by Gasteiger charge is -2.50. The van der Waals surface area contributed by atoms with Gasteiger partial charge in [-0.3, -0.25) is 9.05 Å². The molecule has 0 aromatic rings. The van der Waals surface area contributed by atoms with Crippen LogP contribution in [-0.4, -0.2) is 388 Å². The molecule has 0 spiro atoms. The number of rotatable bonds is 25. The fraction of sp³-hybridized carbons (Fsp3) is 0.977. The molecule has 7 aliphatic rings. The highest BCUT2D eigenvalue weighted by atomic mass is 31.2. The fourth-order valence-corrected chi connectivity index (χ4v) is 12.0. The van der Waals surface area contributed by atoms with Crippen LogP contribution in [-0.2, 0) is 84.6 Å². The van der Waals surface area contributed by atoms with Crippen molar-refractivity contribution in [2.75, 3.05) is 46.2 Å². The molecule has 0 bridgehead atoms. The lowest BCUT2D eigenvalue weighted by Crippen LogP contribution is -2.68. The van der Waals surface area contributed by atoms with Crippen molar-refractivity contribution in [3.8, 4) is 0 Å². The van der Waals surface area contributed by atoms with Gasteiger partial charge in [-0.05, 0) is 0 Å². The van der Waals surface area contributed by atoms with Crippen LogP contribution in [0.25, 0.3) is 0 Å². The van der Waals surface area contributed by atoms with Crippen molar-refractivity contribution in [3.05, 3.63) is 0 Å². The lowest BCUT2D eigenvalue weighted by atomic mass is 9.91. The first-order valence-electron chi connectivity index (χ1n) is 27.3. The van der Waals surface area contributed by atoms with Gasteiger partial charge in [-0.15, -0.1) is 0 Å². The van der Waals surface area contributed by atoms with Crippen molar-refractivity contribution in [1.82, 2.24) is 0 Å². The molecular weight excluding hydrogens is 1290 g/mol. The third-order valence-corrected chi connectivity index (χ3v) is 16.8. The largest absolute Gasteiger partial charge is 0.477 e. The Balaban J connectivity index is 1.06. The first-order valence-corrected chi connectivity index (χ1v) is 30.4. The molecule has 0 aromatic heterocycles. The zero-order chi connectivity index (χ0) is 67.0. The van der Waals surface area contributed by atoms with E-state index < -0.39 is 289 Å². The van der Waals surface area contributed by atoms with Crippen LogP contribution in [0.2, 0.25) is 0 Å². The molecule has 28 N–H and O–H groups in total. The van der Waals surface area contributed by atoms with Gasteiger partial charge in [0.25, 0.3) is 5.79 Å². The average Bonchev–Trinajstić information content (AvgIpc) is 0.784. The van der Waals surface area contributed by atoms with Gasteiger partial charge in [0.2, 0.25) is 0 Å². The van der Waals surface area contributed by atoms with Crippen molar-refractivity contribution in [2.45, 2.75) is 221 Å². The van der Waals surface area contributed by atoms with Gasteiger partial charge in [-0.1, -0.05) is 0 Å². The van der Waals surface area contributed by atoms with E-state index in [9.17, 15) is 136 Å². The number of aliphatic hydroxyl groups excluding tert-OH is 19. The molecule has 7 saturated heterocycles. The second-order valence-corrected chi connectivity index (χ2v) is 24.3. The van der Waals surface area contributed by atoms with E-state index >= 15 is 0 Å². The minimum atomic E-state index is -5.88. The summed E-state index contributed by atoms with van der Waals surface area (Å²) in [6, 6.07) is -3.28. The third-order valence-electron chi connectivity index (χ3n) is 15.8. The number of hydrogen-bond acceptors (Lipinski definition) is 39. The highest BCUT2D eigenvalue weighted by Crippen LogP contribution is 2.46. The van der Waals surface area contributed by atoms with Gasteiger partial charge in [0.1, 0.15) is 153 Å². The second-order valence-electron chi connectivity index (χ2n) is 21.9. The van der Waals surface area contributed by atoms with E-state index in [-0.39, 0.29) is 0 Å². The van der Waals surface area contributed by atoms with Crippen molar-refractivity contribution >= 4 is 21.6 Å². The number of nitrogens with two attached hydrogens (primary N) is 2. The molecule has 0 aliphatic carbocycles. The van der Waals surface area contributed by atoms with E-state index in [0.29, 0.717) is 0 Å². The third kappa shape index (κ3) is 16.8. The van der Waals surface area contributed by atoms with E-state index in [1.807, 2.05) is 0 Å². The maximum Gasteiger partial charge on any atom is 0.470 e. The van der Waals surface area contributed by atoms with Gasteiger partial charge in [0.05, 0.1) is 64.4 Å². The molecule has 0 unspecified atom stereocenters. The monoisotopic (exact) mass is 1370 g/mol. The number of ether oxygens (including phenoxy) is 13. The minimum absolute atomic E-state index is 0.807. The standard InChI is InChI=1S/C44H78N2O42P2/c45-17-22(57)20(55)15(76-37(17)65)7-74-38-18(46)23(58)33(87-89(68,69)70)16(81-38)8-75-44(43(66)67)1-9(52)30(31(86-44)10(53)2-47)82-42-29(64)36(88-90(71,72)73)34(14(6-51)80-42)84-40-27(62)25(60)32(13(5-50)79-40)83-41-28(63)35(21(56)12(4-49)78-41)85-39-26(61)24(59)19(54)11(3-48)77-39/h9-42,47-65H,1-8,45-46H2,(H,66,67)(H2,68,69,70)(H2,71,72,73)/t9-,10-,11-,12-,13-,14-,15-,16-,17-,18-,19-,20-,21-,22-,23-,24+,25-,26+,27-,28+,29+,30-,31-,32-,33-,34-,35+,36-,37+,38-,39-,40+,41-,42-,44-/m1/s1. The molecule has 90 heavy (non-hydrogen) atoms. The number of aliphatic hydroxyl groups is 19. The molecular formula is C44H78N2O42P2. The van der Waals surface area contributed by atoms with Crippen LogP contribution in [0.1, 0.15) is 6.42 Å². The predicted molar refractivity (Wildman–Crippen MR) is 269 cm³/mol. The Hall–Kier alpha value is -1.67. The molecule has 7 fully saturated rings. The summed E-state index contributed by atoms with van der Waals surface area (Å²) in [4.78, 5) is 52.6. The Bertz CT molecular complexity index is 2370. The van der Waals surface area contributed by atoms with Crippen LogP contribution in [0.4, 0.5) is 0 Å². The highest BCUT2D eigenvalue weighted by molar-refractivity contribution is 7.46. The van der Waals surface area contributed by atoms with Crippen LogP contribution in [0.3, 0.4) is 0 Å². The molecule has 0 radical (unpaired) electrons. The summed E-state index contributed by atoms with van der Waals surface area (Å²) in [6.45, 7) is -7.98. The van der Waals surface area contributed by atoms with Crippen molar-refractivity contribution in [1.29, 1.82) is 0 Å². The first kappa shape index (κ1) is 75.7. The van der Waals surface area contributed by atoms with Crippen molar-refractivity contribution in [3.63, 3.8) is 0 Å². The number of carbonyl (C=O) groups is 1. The van der Waals surface area contributed by atoms with Gasteiger partial charge in [-0.2, -0.15) is 0 Å². The zero-order valence-electron chi connectivity index (χ0n) is 46.4. The summed E-state index contributed by atoms with van der Waals surface area (Å²) < 4.78 is 106. The zero-order valence-corrected chi connectivity index (χ0v) is 48.2. The number of carboxylic acid groups (broad SMARTS) is 1. The van der Waals surface area contributed by atoms with E-state index in [1.54, 1.807) is 0 Å². The van der Waals surface area contributed by atoms with Crippen LogP contribution >= 0.6 is 15.6 Å². The quantitative estimate of drug-likeness (QED) is 0.0377. The molecule has 0 saturated carbocycles. The van der Waals surface area contributed by atoms with Crippen LogP contribution in [0, 0.1) is 0 Å². The Morgan fingerprint density at radius 2 is 0.922 bits per heavy atom. The number of carboxylic acids is 1. The van der Waals surface area contributed by atoms with Gasteiger partial charge in [0.15, 0.2) is 37.7 Å². The Kier molecular flexibility index (Phi) is 26.3. The maximum absolute atomic E-state index is 13.1.